The Balaban J connectivity index is 1.93. The first-order chi connectivity index (χ1) is 11.9. The molecule has 2 rings (SSSR count). The largest absolute Gasteiger partial charge is 0.370 e. The zero-order chi connectivity index (χ0) is 18.4. The van der Waals surface area contributed by atoms with Gasteiger partial charge in [-0.15, -0.1) is 11.3 Å². The van der Waals surface area contributed by atoms with E-state index in [1.807, 2.05) is 6.92 Å². The summed E-state index contributed by atoms with van der Waals surface area (Å²) in [6.07, 6.45) is 0.418. The van der Waals surface area contributed by atoms with Gasteiger partial charge in [0.15, 0.2) is 5.82 Å². The number of aromatic nitrogens is 3. The molecule has 2 heterocycles. The van der Waals surface area contributed by atoms with E-state index in [-0.39, 0.29) is 18.6 Å². The van der Waals surface area contributed by atoms with Gasteiger partial charge in [0.25, 0.3) is 5.91 Å². The number of rotatable bonds is 9. The SMILES string of the molecule is CC(C)COC(C)c1noc(CN(C)C(=O)c2csc(CCN)n2)n1. The van der Waals surface area contributed by atoms with Gasteiger partial charge < -0.3 is 19.9 Å². The van der Waals surface area contributed by atoms with Crippen molar-refractivity contribution in [3.63, 3.8) is 0 Å². The van der Waals surface area contributed by atoms with Crippen LogP contribution in [0.3, 0.4) is 0 Å². The lowest BCUT2D eigenvalue weighted by atomic mass is 10.2. The predicted molar refractivity (Wildman–Crippen MR) is 94.2 cm³/mol. The molecular formula is C16H25N5O3S. The molecule has 2 aromatic heterocycles. The van der Waals surface area contributed by atoms with Crippen LogP contribution in [0.5, 0.6) is 0 Å². The van der Waals surface area contributed by atoms with Crippen molar-refractivity contribution >= 4 is 17.2 Å². The lowest BCUT2D eigenvalue weighted by Crippen LogP contribution is -2.26. The van der Waals surface area contributed by atoms with E-state index < -0.39 is 0 Å². The maximum absolute atomic E-state index is 12.4. The standard InChI is InChI=1S/C16H25N5O3S/c1-10(2)8-23-11(3)15-19-13(24-20-15)7-21(4)16(22)12-9-25-14(18-12)5-6-17/h9-11H,5-8,17H2,1-4H3. The first kappa shape index (κ1) is 19.5. The van der Waals surface area contributed by atoms with Gasteiger partial charge in [-0.1, -0.05) is 19.0 Å². The van der Waals surface area contributed by atoms with Gasteiger partial charge in [0.1, 0.15) is 18.3 Å². The van der Waals surface area contributed by atoms with E-state index in [4.69, 9.17) is 15.0 Å². The molecule has 1 unspecified atom stereocenters. The minimum atomic E-state index is -0.252. The van der Waals surface area contributed by atoms with E-state index in [0.717, 1.165) is 5.01 Å². The summed E-state index contributed by atoms with van der Waals surface area (Å²) in [5.41, 5.74) is 5.91. The number of ether oxygens (including phenoxy) is 1. The number of carbonyl (C=O) groups is 1. The minimum absolute atomic E-state index is 0.191. The fraction of sp³-hybridized carbons (Fsp3) is 0.625. The topological polar surface area (TPSA) is 107 Å². The van der Waals surface area contributed by atoms with Crippen LogP contribution in [0, 0.1) is 5.92 Å². The Morgan fingerprint density at radius 3 is 2.84 bits per heavy atom. The first-order valence-corrected chi connectivity index (χ1v) is 9.12. The number of nitrogens with zero attached hydrogens (tertiary/aromatic N) is 4. The molecule has 1 atom stereocenters. The fourth-order valence-corrected chi connectivity index (χ4v) is 2.81. The van der Waals surface area contributed by atoms with Gasteiger partial charge in [0, 0.05) is 25.5 Å². The average Bonchev–Trinajstić information content (AvgIpc) is 3.22. The quantitative estimate of drug-likeness (QED) is 0.722. The Hall–Kier alpha value is -1.84. The lowest BCUT2D eigenvalue weighted by Gasteiger charge is -2.13. The summed E-state index contributed by atoms with van der Waals surface area (Å²) in [6, 6.07) is 0. The fourth-order valence-electron chi connectivity index (χ4n) is 2.03. The van der Waals surface area contributed by atoms with Crippen LogP contribution in [0.1, 0.15) is 54.1 Å². The summed E-state index contributed by atoms with van der Waals surface area (Å²) >= 11 is 1.44. The molecular weight excluding hydrogens is 342 g/mol. The summed E-state index contributed by atoms with van der Waals surface area (Å²) in [5.74, 6) is 1.09. The van der Waals surface area contributed by atoms with Crippen LogP contribution in [0.15, 0.2) is 9.90 Å². The predicted octanol–water partition coefficient (Wildman–Crippen LogP) is 2.03. The smallest absolute Gasteiger partial charge is 0.273 e. The molecule has 0 aliphatic heterocycles. The van der Waals surface area contributed by atoms with Crippen LogP contribution in [0.2, 0.25) is 0 Å². The number of thiazole rings is 1. The van der Waals surface area contributed by atoms with E-state index in [1.165, 1.54) is 16.2 Å². The van der Waals surface area contributed by atoms with E-state index >= 15 is 0 Å². The number of carbonyl (C=O) groups excluding carboxylic acids is 1. The summed E-state index contributed by atoms with van der Waals surface area (Å²) in [5, 5.41) is 6.53. The van der Waals surface area contributed by atoms with Crippen LogP contribution in [-0.4, -0.2) is 46.1 Å². The molecule has 8 nitrogen and oxygen atoms in total. The van der Waals surface area contributed by atoms with E-state index in [9.17, 15) is 4.79 Å². The third kappa shape index (κ3) is 5.58. The average molecular weight is 367 g/mol. The van der Waals surface area contributed by atoms with Gasteiger partial charge in [0.05, 0.1) is 5.01 Å². The van der Waals surface area contributed by atoms with Gasteiger partial charge in [-0.25, -0.2) is 4.98 Å². The number of amides is 1. The van der Waals surface area contributed by atoms with Crippen molar-refractivity contribution in [3.8, 4) is 0 Å². The molecule has 0 fully saturated rings. The van der Waals surface area contributed by atoms with Gasteiger partial charge in [0.2, 0.25) is 5.89 Å². The van der Waals surface area contributed by atoms with Crippen molar-refractivity contribution in [2.75, 3.05) is 20.2 Å². The normalized spacial score (nSPS) is 12.6. The molecule has 0 saturated heterocycles. The van der Waals surface area contributed by atoms with Crippen LogP contribution in [0.25, 0.3) is 0 Å². The van der Waals surface area contributed by atoms with Crippen molar-refractivity contribution < 1.29 is 14.1 Å². The zero-order valence-corrected chi connectivity index (χ0v) is 15.9. The Morgan fingerprint density at radius 2 is 2.16 bits per heavy atom. The molecule has 1 amide bonds. The monoisotopic (exact) mass is 367 g/mol. The molecule has 0 bridgehead atoms. The Kier molecular flexibility index (Phi) is 7.03. The molecule has 25 heavy (non-hydrogen) atoms. The second-order valence-corrected chi connectivity index (χ2v) is 7.18. The van der Waals surface area contributed by atoms with Crippen LogP contribution in [0.4, 0.5) is 0 Å². The molecule has 0 aliphatic rings. The Labute approximate surface area is 151 Å². The third-order valence-electron chi connectivity index (χ3n) is 3.38. The van der Waals surface area contributed by atoms with Crippen molar-refractivity contribution in [2.45, 2.75) is 39.8 Å². The Bertz CT molecular complexity index is 685. The Morgan fingerprint density at radius 1 is 1.40 bits per heavy atom. The van der Waals surface area contributed by atoms with Crippen molar-refractivity contribution in [1.29, 1.82) is 0 Å². The molecule has 9 heteroatoms. The summed E-state index contributed by atoms with van der Waals surface area (Å²) in [4.78, 5) is 22.5. The van der Waals surface area contributed by atoms with Gasteiger partial charge in [-0.3, -0.25) is 4.79 Å². The first-order valence-electron chi connectivity index (χ1n) is 8.24. The minimum Gasteiger partial charge on any atom is -0.370 e. The molecule has 0 spiro atoms. The second kappa shape index (κ2) is 9.02. The lowest BCUT2D eigenvalue weighted by molar-refractivity contribution is 0.0402. The summed E-state index contributed by atoms with van der Waals surface area (Å²) in [7, 11) is 1.67. The van der Waals surface area contributed by atoms with E-state index in [2.05, 4.69) is 29.0 Å². The number of hydrogen-bond donors (Lipinski definition) is 1. The molecule has 0 saturated carbocycles. The highest BCUT2D eigenvalue weighted by atomic mass is 32.1. The maximum atomic E-state index is 12.4. The molecule has 138 valence electrons. The van der Waals surface area contributed by atoms with Gasteiger partial charge in [-0.05, 0) is 19.4 Å². The summed E-state index contributed by atoms with van der Waals surface area (Å²) < 4.78 is 10.9. The highest BCUT2D eigenvalue weighted by molar-refractivity contribution is 7.09. The second-order valence-electron chi connectivity index (χ2n) is 6.24. The van der Waals surface area contributed by atoms with E-state index in [1.54, 1.807) is 12.4 Å². The number of hydrogen-bond acceptors (Lipinski definition) is 8. The summed E-state index contributed by atoms with van der Waals surface area (Å²) in [6.45, 7) is 7.38. The molecule has 2 N–H and O–H groups in total. The zero-order valence-electron chi connectivity index (χ0n) is 15.1. The van der Waals surface area contributed by atoms with Crippen LogP contribution in [-0.2, 0) is 17.7 Å². The highest BCUT2D eigenvalue weighted by Gasteiger charge is 2.20. The van der Waals surface area contributed by atoms with Crippen molar-refractivity contribution in [2.24, 2.45) is 11.7 Å². The molecule has 2 aromatic rings. The van der Waals surface area contributed by atoms with E-state index in [0.29, 0.717) is 42.9 Å². The third-order valence-corrected chi connectivity index (χ3v) is 4.28. The van der Waals surface area contributed by atoms with Crippen molar-refractivity contribution in [3.05, 3.63) is 27.8 Å². The molecule has 0 aromatic carbocycles. The molecule has 0 radical (unpaired) electrons. The van der Waals surface area contributed by atoms with Gasteiger partial charge >= 0.3 is 0 Å². The van der Waals surface area contributed by atoms with Gasteiger partial charge in [-0.2, -0.15) is 4.98 Å². The van der Waals surface area contributed by atoms with Crippen LogP contribution < -0.4 is 5.73 Å². The number of nitrogens with two attached hydrogens (primary N) is 1. The van der Waals surface area contributed by atoms with Crippen LogP contribution >= 0.6 is 11.3 Å². The maximum Gasteiger partial charge on any atom is 0.273 e. The van der Waals surface area contributed by atoms with Crippen molar-refractivity contribution in [1.82, 2.24) is 20.0 Å². The molecule has 0 aliphatic carbocycles. The highest BCUT2D eigenvalue weighted by Crippen LogP contribution is 2.16.